The van der Waals surface area contributed by atoms with E-state index < -0.39 is 15.8 Å². The molecule has 0 amide bonds. The van der Waals surface area contributed by atoms with E-state index in [4.69, 9.17) is 17.3 Å². The second-order valence-electron chi connectivity index (χ2n) is 4.70. The number of nitrogens with one attached hydrogen (secondary N) is 1. The maximum Gasteiger partial charge on any atom is 0.262 e. The number of sulfonamides is 1. The number of halogens is 2. The molecule has 4 nitrogen and oxygen atoms in total. The van der Waals surface area contributed by atoms with Crippen LogP contribution in [0.3, 0.4) is 0 Å². The summed E-state index contributed by atoms with van der Waals surface area (Å²) in [5.74, 6) is -0.618. The molecule has 0 saturated carbocycles. The molecule has 2 aromatic carbocycles. The highest BCUT2D eigenvalue weighted by Gasteiger charge is 2.19. The number of hydrogen-bond donors (Lipinski definition) is 2. The monoisotopic (exact) mass is 328 g/mol. The summed E-state index contributed by atoms with van der Waals surface area (Å²) in [6.07, 6.45) is 0. The van der Waals surface area contributed by atoms with Crippen molar-refractivity contribution in [2.24, 2.45) is 0 Å². The third-order valence-electron chi connectivity index (χ3n) is 3.03. The van der Waals surface area contributed by atoms with Crippen molar-refractivity contribution in [3.63, 3.8) is 0 Å². The molecule has 0 radical (unpaired) electrons. The largest absolute Gasteiger partial charge is 0.398 e. The van der Waals surface area contributed by atoms with Gasteiger partial charge in [-0.3, -0.25) is 4.72 Å². The lowest BCUT2D eigenvalue weighted by molar-refractivity contribution is 0.594. The summed E-state index contributed by atoms with van der Waals surface area (Å²) in [6.45, 7) is 3.29. The number of anilines is 2. The van der Waals surface area contributed by atoms with Crippen LogP contribution in [0.25, 0.3) is 0 Å². The van der Waals surface area contributed by atoms with Crippen LogP contribution in [0.2, 0.25) is 5.02 Å². The average Bonchev–Trinajstić information content (AvgIpc) is 2.38. The molecule has 0 saturated heterocycles. The lowest BCUT2D eigenvalue weighted by Crippen LogP contribution is -2.15. The molecule has 0 aliphatic rings. The summed E-state index contributed by atoms with van der Waals surface area (Å²) in [4.78, 5) is -0.116. The van der Waals surface area contributed by atoms with Crippen LogP contribution in [-0.2, 0) is 10.0 Å². The highest BCUT2D eigenvalue weighted by atomic mass is 35.5. The van der Waals surface area contributed by atoms with Crippen molar-refractivity contribution in [2.45, 2.75) is 18.7 Å². The average molecular weight is 329 g/mol. The van der Waals surface area contributed by atoms with Gasteiger partial charge >= 0.3 is 0 Å². The first-order valence-electron chi connectivity index (χ1n) is 6.05. The molecule has 0 heterocycles. The molecule has 3 N–H and O–H groups in total. The molecule has 0 aliphatic carbocycles. The van der Waals surface area contributed by atoms with Gasteiger partial charge in [-0.1, -0.05) is 17.7 Å². The van der Waals surface area contributed by atoms with Gasteiger partial charge in [0.25, 0.3) is 10.0 Å². The van der Waals surface area contributed by atoms with Crippen LogP contribution in [0.4, 0.5) is 15.8 Å². The zero-order valence-electron chi connectivity index (χ0n) is 11.4. The van der Waals surface area contributed by atoms with Crippen molar-refractivity contribution in [1.82, 2.24) is 0 Å². The fraction of sp³-hybridized carbons (Fsp3) is 0.143. The maximum atomic E-state index is 13.3. The minimum absolute atomic E-state index is 0.116. The normalized spacial score (nSPS) is 11.4. The van der Waals surface area contributed by atoms with E-state index >= 15 is 0 Å². The Kier molecular flexibility index (Phi) is 4.11. The van der Waals surface area contributed by atoms with Crippen LogP contribution in [0.5, 0.6) is 0 Å². The molecule has 0 bridgehead atoms. The molecular formula is C14H14ClFN2O2S. The zero-order valence-corrected chi connectivity index (χ0v) is 13.0. The Morgan fingerprint density at radius 3 is 2.48 bits per heavy atom. The number of benzene rings is 2. The van der Waals surface area contributed by atoms with Crippen LogP contribution in [0.1, 0.15) is 11.1 Å². The first-order chi connectivity index (χ1) is 9.70. The van der Waals surface area contributed by atoms with Gasteiger partial charge in [0.15, 0.2) is 0 Å². The Labute approximate surface area is 127 Å². The third-order valence-corrected chi connectivity index (χ3v) is 4.86. The molecule has 0 spiro atoms. The first kappa shape index (κ1) is 15.6. The highest BCUT2D eigenvalue weighted by Crippen LogP contribution is 2.29. The van der Waals surface area contributed by atoms with E-state index in [0.717, 1.165) is 6.07 Å². The number of aryl methyl sites for hydroxylation is 2. The van der Waals surface area contributed by atoms with E-state index in [9.17, 15) is 12.8 Å². The Hall–Kier alpha value is -1.79. The summed E-state index contributed by atoms with van der Waals surface area (Å²) >= 11 is 5.90. The minimum atomic E-state index is -3.91. The highest BCUT2D eigenvalue weighted by molar-refractivity contribution is 7.92. The fourth-order valence-corrected chi connectivity index (χ4v) is 3.42. The van der Waals surface area contributed by atoms with Gasteiger partial charge in [0, 0.05) is 0 Å². The molecule has 0 unspecified atom stereocenters. The van der Waals surface area contributed by atoms with Gasteiger partial charge in [-0.15, -0.1) is 0 Å². The molecule has 21 heavy (non-hydrogen) atoms. The van der Waals surface area contributed by atoms with E-state index in [1.807, 2.05) is 0 Å². The van der Waals surface area contributed by atoms with Gasteiger partial charge < -0.3 is 5.73 Å². The number of hydrogen-bond acceptors (Lipinski definition) is 3. The summed E-state index contributed by atoms with van der Waals surface area (Å²) < 4.78 is 40.4. The summed E-state index contributed by atoms with van der Waals surface area (Å²) in [5, 5.41) is 0.245. The topological polar surface area (TPSA) is 72.2 Å². The molecule has 112 valence electrons. The molecule has 0 atom stereocenters. The van der Waals surface area contributed by atoms with E-state index in [0.29, 0.717) is 22.5 Å². The summed E-state index contributed by atoms with van der Waals surface area (Å²) in [5.41, 5.74) is 7.38. The second-order valence-corrected chi connectivity index (χ2v) is 6.76. The number of nitrogen functional groups attached to an aromatic ring is 1. The predicted octanol–water partition coefficient (Wildman–Crippen LogP) is 3.48. The van der Waals surface area contributed by atoms with E-state index in [1.165, 1.54) is 18.2 Å². The Morgan fingerprint density at radius 2 is 1.81 bits per heavy atom. The lowest BCUT2D eigenvalue weighted by atomic mass is 10.2. The SMILES string of the molecule is Cc1cc(N)c(Cl)cc1NS(=O)(=O)c1cc(F)ccc1C. The molecular weight excluding hydrogens is 315 g/mol. The van der Waals surface area contributed by atoms with Crippen molar-refractivity contribution in [1.29, 1.82) is 0 Å². The lowest BCUT2D eigenvalue weighted by Gasteiger charge is -2.13. The van der Waals surface area contributed by atoms with Gasteiger partial charge in [0.2, 0.25) is 0 Å². The Bertz CT molecular complexity index is 807. The van der Waals surface area contributed by atoms with Gasteiger partial charge in [-0.05, 0) is 49.2 Å². The summed E-state index contributed by atoms with van der Waals surface area (Å²) in [6, 6.07) is 6.59. The van der Waals surface area contributed by atoms with Gasteiger partial charge in [-0.2, -0.15) is 0 Å². The maximum absolute atomic E-state index is 13.3. The van der Waals surface area contributed by atoms with Crippen LogP contribution < -0.4 is 10.5 Å². The van der Waals surface area contributed by atoms with E-state index in [2.05, 4.69) is 4.72 Å². The smallest absolute Gasteiger partial charge is 0.262 e. The van der Waals surface area contributed by atoms with Crippen molar-refractivity contribution in [2.75, 3.05) is 10.5 Å². The van der Waals surface area contributed by atoms with Gasteiger partial charge in [0.05, 0.1) is 21.3 Å². The van der Waals surface area contributed by atoms with Crippen LogP contribution in [0.15, 0.2) is 35.2 Å². The van der Waals surface area contributed by atoms with Gasteiger partial charge in [-0.25, -0.2) is 12.8 Å². The predicted molar refractivity (Wildman–Crippen MR) is 82.5 cm³/mol. The van der Waals surface area contributed by atoms with Crippen molar-refractivity contribution in [3.8, 4) is 0 Å². The minimum Gasteiger partial charge on any atom is -0.398 e. The third kappa shape index (κ3) is 3.28. The fourth-order valence-electron chi connectivity index (χ4n) is 1.88. The molecule has 0 aromatic heterocycles. The zero-order chi connectivity index (χ0) is 15.8. The van der Waals surface area contributed by atoms with E-state index in [1.54, 1.807) is 19.9 Å². The number of nitrogens with two attached hydrogens (primary N) is 1. The second kappa shape index (κ2) is 5.54. The Morgan fingerprint density at radius 1 is 1.14 bits per heavy atom. The molecule has 0 aliphatic heterocycles. The number of rotatable bonds is 3. The summed E-state index contributed by atoms with van der Waals surface area (Å²) in [7, 11) is -3.91. The molecule has 2 rings (SSSR count). The molecule has 2 aromatic rings. The van der Waals surface area contributed by atoms with Crippen molar-refractivity contribution >= 4 is 33.0 Å². The van der Waals surface area contributed by atoms with Crippen LogP contribution in [0, 0.1) is 19.7 Å². The standard InChI is InChI=1S/C14H14ClFN2O2S/c1-8-3-4-10(16)6-14(8)21(19,20)18-13-7-11(15)12(17)5-9(13)2/h3-7,18H,17H2,1-2H3. The van der Waals surface area contributed by atoms with Crippen molar-refractivity contribution in [3.05, 3.63) is 52.3 Å². The van der Waals surface area contributed by atoms with Crippen LogP contribution >= 0.6 is 11.6 Å². The molecule has 7 heteroatoms. The molecule has 0 fully saturated rings. The quantitative estimate of drug-likeness (QED) is 0.847. The Balaban J connectivity index is 2.47. The first-order valence-corrected chi connectivity index (χ1v) is 7.91. The van der Waals surface area contributed by atoms with Crippen molar-refractivity contribution < 1.29 is 12.8 Å². The van der Waals surface area contributed by atoms with E-state index in [-0.39, 0.29) is 9.92 Å². The van der Waals surface area contributed by atoms with Crippen LogP contribution in [-0.4, -0.2) is 8.42 Å². The van der Waals surface area contributed by atoms with Gasteiger partial charge in [0.1, 0.15) is 5.82 Å².